The Morgan fingerprint density at radius 1 is 1.44 bits per heavy atom. The standard InChI is InChI=1S/C10H18F3N3O.ClH/c1-14-4-8-2-3-16(5-8)6-9(17)15-7-10(11,12)13;/h8,14H,2-7H2,1H3,(H,15,17);1H. The van der Waals surface area contributed by atoms with Gasteiger partial charge < -0.3 is 10.6 Å². The molecule has 1 heterocycles. The van der Waals surface area contributed by atoms with E-state index in [1.807, 2.05) is 17.3 Å². The minimum Gasteiger partial charge on any atom is -0.346 e. The number of halogens is 4. The van der Waals surface area contributed by atoms with E-state index in [4.69, 9.17) is 0 Å². The van der Waals surface area contributed by atoms with Gasteiger partial charge in [-0.2, -0.15) is 13.2 Å². The first-order chi connectivity index (χ1) is 7.90. The highest BCUT2D eigenvalue weighted by Crippen LogP contribution is 2.15. The third-order valence-corrected chi connectivity index (χ3v) is 2.72. The zero-order valence-corrected chi connectivity index (χ0v) is 11.0. The van der Waals surface area contributed by atoms with Crippen LogP contribution in [0.25, 0.3) is 0 Å². The highest BCUT2D eigenvalue weighted by atomic mass is 35.5. The molecule has 0 radical (unpaired) electrons. The molecule has 1 saturated heterocycles. The van der Waals surface area contributed by atoms with Crippen LogP contribution in [0.2, 0.25) is 0 Å². The van der Waals surface area contributed by atoms with Crippen molar-refractivity contribution in [3.05, 3.63) is 0 Å². The van der Waals surface area contributed by atoms with Gasteiger partial charge in [-0.1, -0.05) is 0 Å². The summed E-state index contributed by atoms with van der Waals surface area (Å²) in [5.41, 5.74) is 0. The van der Waals surface area contributed by atoms with Crippen LogP contribution in [0.5, 0.6) is 0 Å². The summed E-state index contributed by atoms with van der Waals surface area (Å²) in [4.78, 5) is 13.1. The Bertz CT molecular complexity index is 263. The molecular formula is C10H19ClF3N3O. The van der Waals surface area contributed by atoms with Crippen molar-refractivity contribution in [2.45, 2.75) is 12.6 Å². The Kier molecular flexibility index (Phi) is 7.58. The van der Waals surface area contributed by atoms with Gasteiger partial charge in [0.15, 0.2) is 0 Å². The molecule has 0 spiro atoms. The Balaban J connectivity index is 0.00000289. The fourth-order valence-electron chi connectivity index (χ4n) is 1.97. The van der Waals surface area contributed by atoms with Gasteiger partial charge in [-0.05, 0) is 32.5 Å². The van der Waals surface area contributed by atoms with Crippen molar-refractivity contribution in [3.8, 4) is 0 Å². The monoisotopic (exact) mass is 289 g/mol. The van der Waals surface area contributed by atoms with Crippen LogP contribution in [0.15, 0.2) is 0 Å². The predicted octanol–water partition coefficient (Wildman–Crippen LogP) is 0.628. The lowest BCUT2D eigenvalue weighted by atomic mass is 10.1. The molecule has 2 N–H and O–H groups in total. The number of hydrogen-bond donors (Lipinski definition) is 2. The van der Waals surface area contributed by atoms with Crippen molar-refractivity contribution in [2.24, 2.45) is 5.92 Å². The van der Waals surface area contributed by atoms with Gasteiger partial charge in [0, 0.05) is 6.54 Å². The second-order valence-electron chi connectivity index (χ2n) is 4.34. The second-order valence-corrected chi connectivity index (χ2v) is 4.34. The molecule has 1 rings (SSSR count). The maximum absolute atomic E-state index is 11.9. The minimum absolute atomic E-state index is 0. The van der Waals surface area contributed by atoms with Crippen LogP contribution >= 0.6 is 12.4 Å². The normalized spacial score (nSPS) is 20.6. The summed E-state index contributed by atoms with van der Waals surface area (Å²) in [6, 6.07) is 0. The van der Waals surface area contributed by atoms with Crippen molar-refractivity contribution in [1.29, 1.82) is 0 Å². The van der Waals surface area contributed by atoms with Gasteiger partial charge >= 0.3 is 6.18 Å². The molecule has 0 saturated carbocycles. The molecule has 4 nitrogen and oxygen atoms in total. The van der Waals surface area contributed by atoms with E-state index in [2.05, 4.69) is 5.32 Å². The van der Waals surface area contributed by atoms with Crippen LogP contribution in [0.1, 0.15) is 6.42 Å². The van der Waals surface area contributed by atoms with E-state index in [0.717, 1.165) is 26.1 Å². The SMILES string of the molecule is CNCC1CCN(CC(=O)NCC(F)(F)F)C1.Cl. The van der Waals surface area contributed by atoms with E-state index in [1.165, 1.54) is 0 Å². The maximum Gasteiger partial charge on any atom is 0.405 e. The van der Waals surface area contributed by atoms with E-state index in [1.54, 1.807) is 0 Å². The van der Waals surface area contributed by atoms with Crippen LogP contribution in [-0.4, -0.2) is 56.8 Å². The van der Waals surface area contributed by atoms with Crippen LogP contribution in [-0.2, 0) is 4.79 Å². The van der Waals surface area contributed by atoms with E-state index in [-0.39, 0.29) is 19.0 Å². The highest BCUT2D eigenvalue weighted by Gasteiger charge is 2.29. The molecule has 1 unspecified atom stereocenters. The molecule has 1 fully saturated rings. The first kappa shape index (κ1) is 17.5. The molecule has 1 aliphatic rings. The van der Waals surface area contributed by atoms with Crippen molar-refractivity contribution >= 4 is 18.3 Å². The Labute approximate surface area is 111 Å². The van der Waals surface area contributed by atoms with Crippen LogP contribution in [0.4, 0.5) is 13.2 Å². The smallest absolute Gasteiger partial charge is 0.346 e. The molecule has 0 aromatic heterocycles. The predicted molar refractivity (Wildman–Crippen MR) is 64.8 cm³/mol. The van der Waals surface area contributed by atoms with Gasteiger partial charge in [0.25, 0.3) is 0 Å². The van der Waals surface area contributed by atoms with Gasteiger partial charge in [0.05, 0.1) is 6.54 Å². The summed E-state index contributed by atoms with van der Waals surface area (Å²) in [7, 11) is 1.86. The molecular weight excluding hydrogens is 271 g/mol. The number of alkyl halides is 3. The summed E-state index contributed by atoms with van der Waals surface area (Å²) in [5, 5.41) is 4.93. The first-order valence-corrected chi connectivity index (χ1v) is 5.61. The number of rotatable bonds is 5. The molecule has 8 heteroatoms. The fraction of sp³-hybridized carbons (Fsp3) is 0.900. The van der Waals surface area contributed by atoms with Gasteiger partial charge in [-0.15, -0.1) is 12.4 Å². The van der Waals surface area contributed by atoms with Crippen molar-refractivity contribution in [3.63, 3.8) is 0 Å². The van der Waals surface area contributed by atoms with Gasteiger partial charge in [-0.3, -0.25) is 9.69 Å². The molecule has 1 amide bonds. The molecule has 18 heavy (non-hydrogen) atoms. The lowest BCUT2D eigenvalue weighted by Crippen LogP contribution is -2.40. The van der Waals surface area contributed by atoms with Gasteiger partial charge in [0.2, 0.25) is 5.91 Å². The number of nitrogens with one attached hydrogen (secondary N) is 2. The van der Waals surface area contributed by atoms with Crippen molar-refractivity contribution < 1.29 is 18.0 Å². The second kappa shape index (κ2) is 7.81. The summed E-state index contributed by atoms with van der Waals surface area (Å²) in [6.07, 6.45) is -3.36. The van der Waals surface area contributed by atoms with Gasteiger partial charge in [-0.25, -0.2) is 0 Å². The Hall–Kier alpha value is -0.530. The number of carbonyl (C=O) groups excluding carboxylic acids is 1. The average Bonchev–Trinajstić information content (AvgIpc) is 2.62. The topological polar surface area (TPSA) is 44.4 Å². The van der Waals surface area contributed by atoms with Gasteiger partial charge in [0.1, 0.15) is 6.54 Å². The van der Waals surface area contributed by atoms with Crippen molar-refractivity contribution in [1.82, 2.24) is 15.5 Å². The molecule has 0 aromatic carbocycles. The van der Waals surface area contributed by atoms with Crippen LogP contribution < -0.4 is 10.6 Å². The molecule has 1 atom stereocenters. The molecule has 0 aromatic rings. The quantitative estimate of drug-likeness (QED) is 0.780. The summed E-state index contributed by atoms with van der Waals surface area (Å²) in [6.45, 7) is 1.21. The summed E-state index contributed by atoms with van der Waals surface area (Å²) < 4.78 is 35.6. The number of amides is 1. The summed E-state index contributed by atoms with van der Waals surface area (Å²) >= 11 is 0. The lowest BCUT2D eigenvalue weighted by Gasteiger charge is -2.16. The zero-order chi connectivity index (χ0) is 12.9. The van der Waals surface area contributed by atoms with E-state index >= 15 is 0 Å². The number of hydrogen-bond acceptors (Lipinski definition) is 3. The van der Waals surface area contributed by atoms with E-state index < -0.39 is 18.6 Å². The molecule has 1 aliphatic heterocycles. The third kappa shape index (κ3) is 7.03. The molecule has 108 valence electrons. The van der Waals surface area contributed by atoms with E-state index in [0.29, 0.717) is 5.92 Å². The van der Waals surface area contributed by atoms with E-state index in [9.17, 15) is 18.0 Å². The largest absolute Gasteiger partial charge is 0.405 e. The van der Waals surface area contributed by atoms with Crippen LogP contribution in [0.3, 0.4) is 0 Å². The fourth-order valence-corrected chi connectivity index (χ4v) is 1.97. The first-order valence-electron chi connectivity index (χ1n) is 5.61. The number of carbonyl (C=O) groups is 1. The third-order valence-electron chi connectivity index (χ3n) is 2.72. The minimum atomic E-state index is -4.34. The Morgan fingerprint density at radius 3 is 2.67 bits per heavy atom. The lowest BCUT2D eigenvalue weighted by molar-refractivity contribution is -0.138. The van der Waals surface area contributed by atoms with Crippen LogP contribution in [0, 0.1) is 5.92 Å². The highest BCUT2D eigenvalue weighted by molar-refractivity contribution is 5.85. The zero-order valence-electron chi connectivity index (χ0n) is 10.2. The van der Waals surface area contributed by atoms with Crippen molar-refractivity contribution in [2.75, 3.05) is 39.8 Å². The number of nitrogens with zero attached hydrogens (tertiary/aromatic N) is 1. The number of likely N-dealkylation sites (tertiary alicyclic amines) is 1. The molecule has 0 bridgehead atoms. The molecule has 0 aliphatic carbocycles. The summed E-state index contributed by atoms with van der Waals surface area (Å²) in [5.74, 6) is -0.0807. The maximum atomic E-state index is 11.9. The Morgan fingerprint density at radius 2 is 2.11 bits per heavy atom. The average molecular weight is 290 g/mol.